The highest BCUT2D eigenvalue weighted by Gasteiger charge is 2.23. The number of anilines is 2. The average Bonchev–Trinajstić information content (AvgIpc) is 2.53. The predicted molar refractivity (Wildman–Crippen MR) is 87.0 cm³/mol. The van der Waals surface area contributed by atoms with Crippen LogP contribution in [0.1, 0.15) is 19.3 Å². The van der Waals surface area contributed by atoms with Crippen molar-refractivity contribution in [3.63, 3.8) is 0 Å². The molecule has 0 spiro atoms. The lowest BCUT2D eigenvalue weighted by molar-refractivity contribution is -0.138. The Morgan fingerprint density at radius 3 is 2.55 bits per heavy atom. The van der Waals surface area contributed by atoms with Gasteiger partial charge in [0, 0.05) is 32.2 Å². The molecule has 1 saturated heterocycles. The smallest absolute Gasteiger partial charge is 0.303 e. The molecule has 1 aromatic rings. The van der Waals surface area contributed by atoms with Gasteiger partial charge in [0.2, 0.25) is 0 Å². The zero-order valence-electron chi connectivity index (χ0n) is 12.6. The van der Waals surface area contributed by atoms with Crippen LogP contribution in [0.2, 0.25) is 0 Å². The average molecular weight is 305 g/mol. The molecule has 1 aliphatic heterocycles. The van der Waals surface area contributed by atoms with Gasteiger partial charge in [0.05, 0.1) is 5.69 Å². The molecule has 0 aliphatic carbocycles. The molecule has 1 aliphatic rings. The number of benzene rings is 1. The lowest BCUT2D eigenvalue weighted by Gasteiger charge is -2.34. The molecule has 7 nitrogen and oxygen atoms in total. The molecule has 1 heterocycles. The van der Waals surface area contributed by atoms with Crippen LogP contribution in [0.15, 0.2) is 29.3 Å². The van der Waals surface area contributed by atoms with E-state index in [1.54, 1.807) is 19.2 Å². The van der Waals surface area contributed by atoms with Crippen LogP contribution in [0.25, 0.3) is 0 Å². The molecule has 0 atom stereocenters. The molecule has 0 radical (unpaired) electrons. The van der Waals surface area contributed by atoms with Crippen molar-refractivity contribution in [3.05, 3.63) is 29.5 Å². The largest absolute Gasteiger partial charge is 0.761 e. The number of hydrogen-bond donors (Lipinski definition) is 3. The van der Waals surface area contributed by atoms with Crippen LogP contribution >= 0.6 is 0 Å². The molecular weight excluding hydrogens is 284 g/mol. The number of para-hydroxylation sites is 2. The van der Waals surface area contributed by atoms with E-state index in [9.17, 15) is 10.0 Å². The third-order valence-electron chi connectivity index (χ3n) is 3.87. The SMILES string of the molecule is CN=C(Nc1ccccc1N[O-])N1CCC(CC(=O)O)CC1. The Labute approximate surface area is 129 Å². The number of piperidine rings is 1. The van der Waals surface area contributed by atoms with Gasteiger partial charge < -0.3 is 26.0 Å². The van der Waals surface area contributed by atoms with E-state index in [1.807, 2.05) is 17.6 Å². The van der Waals surface area contributed by atoms with Gasteiger partial charge in [-0.3, -0.25) is 9.79 Å². The topological polar surface area (TPSA) is 100 Å². The van der Waals surface area contributed by atoms with Gasteiger partial charge in [-0.15, -0.1) is 0 Å². The standard InChI is InChI=1S/C15H21N4O3/c1-16-15(17-12-4-2-3-5-13(12)18-22)19-8-6-11(7-9-19)10-14(20)21/h2-5,11,18H,6-10H2,1H3,(H,16,17)(H,20,21)/q-1. The predicted octanol–water partition coefficient (Wildman–Crippen LogP) is 2.18. The first-order valence-corrected chi connectivity index (χ1v) is 7.31. The second kappa shape index (κ2) is 7.65. The van der Waals surface area contributed by atoms with E-state index in [0.29, 0.717) is 17.3 Å². The summed E-state index contributed by atoms with van der Waals surface area (Å²) in [5, 5.41) is 23.0. The number of guanidine groups is 1. The third-order valence-corrected chi connectivity index (χ3v) is 3.87. The summed E-state index contributed by atoms with van der Waals surface area (Å²) in [7, 11) is 1.69. The van der Waals surface area contributed by atoms with E-state index >= 15 is 0 Å². The Bertz CT molecular complexity index is 539. The Hall–Kier alpha value is -2.28. The molecule has 7 heteroatoms. The van der Waals surface area contributed by atoms with Crippen molar-refractivity contribution in [2.45, 2.75) is 19.3 Å². The second-order valence-corrected chi connectivity index (χ2v) is 5.35. The summed E-state index contributed by atoms with van der Waals surface area (Å²) in [6.45, 7) is 1.51. The minimum atomic E-state index is -0.739. The van der Waals surface area contributed by atoms with Crippen molar-refractivity contribution >= 4 is 23.3 Å². The van der Waals surface area contributed by atoms with Gasteiger partial charge in [-0.2, -0.15) is 0 Å². The van der Waals surface area contributed by atoms with Gasteiger partial charge in [0.1, 0.15) is 0 Å². The van der Waals surface area contributed by atoms with Crippen LogP contribution in [-0.4, -0.2) is 42.1 Å². The van der Waals surface area contributed by atoms with E-state index in [0.717, 1.165) is 25.9 Å². The van der Waals surface area contributed by atoms with Gasteiger partial charge in [-0.1, -0.05) is 12.1 Å². The van der Waals surface area contributed by atoms with Gasteiger partial charge >= 0.3 is 5.97 Å². The number of carboxylic acid groups (broad SMARTS) is 1. The Balaban J connectivity index is 1.97. The van der Waals surface area contributed by atoms with Crippen molar-refractivity contribution in [1.29, 1.82) is 0 Å². The van der Waals surface area contributed by atoms with Crippen molar-refractivity contribution < 1.29 is 9.90 Å². The number of nitrogens with one attached hydrogen (secondary N) is 2. The second-order valence-electron chi connectivity index (χ2n) is 5.35. The molecule has 3 N–H and O–H groups in total. The number of carboxylic acids is 1. The Morgan fingerprint density at radius 2 is 2.00 bits per heavy atom. The number of hydrogen-bond acceptors (Lipinski definition) is 4. The van der Waals surface area contributed by atoms with Gasteiger partial charge in [0.25, 0.3) is 0 Å². The van der Waals surface area contributed by atoms with E-state index in [4.69, 9.17) is 5.11 Å². The fourth-order valence-electron chi connectivity index (χ4n) is 2.67. The molecule has 0 unspecified atom stereocenters. The van der Waals surface area contributed by atoms with Gasteiger partial charge in [-0.05, 0) is 30.9 Å². The summed E-state index contributed by atoms with van der Waals surface area (Å²) < 4.78 is 0. The zero-order valence-corrected chi connectivity index (χ0v) is 12.6. The molecule has 0 bridgehead atoms. The van der Waals surface area contributed by atoms with Crippen molar-refractivity contribution in [3.8, 4) is 0 Å². The maximum absolute atomic E-state index is 10.9. The normalized spacial score (nSPS) is 16.5. The lowest BCUT2D eigenvalue weighted by atomic mass is 9.94. The summed E-state index contributed by atoms with van der Waals surface area (Å²) in [6.07, 6.45) is 1.88. The number of rotatable bonds is 4. The highest BCUT2D eigenvalue weighted by Crippen LogP contribution is 2.24. The van der Waals surface area contributed by atoms with Crippen LogP contribution in [0.3, 0.4) is 0 Å². The number of likely N-dealkylation sites (tertiary alicyclic amines) is 1. The van der Waals surface area contributed by atoms with E-state index in [1.165, 1.54) is 0 Å². The molecular formula is C15H21N4O3-. The highest BCUT2D eigenvalue weighted by molar-refractivity contribution is 5.96. The fourth-order valence-corrected chi connectivity index (χ4v) is 2.67. The van der Waals surface area contributed by atoms with Gasteiger partial charge in [0.15, 0.2) is 5.96 Å². The molecule has 22 heavy (non-hydrogen) atoms. The number of nitrogens with zero attached hydrogens (tertiary/aromatic N) is 2. The molecule has 0 amide bonds. The minimum absolute atomic E-state index is 0.224. The Kier molecular flexibility index (Phi) is 5.60. The van der Waals surface area contributed by atoms with Crippen molar-refractivity contribution in [2.75, 3.05) is 30.9 Å². The molecule has 1 fully saturated rings. The van der Waals surface area contributed by atoms with E-state index in [-0.39, 0.29) is 12.3 Å². The summed E-state index contributed by atoms with van der Waals surface area (Å²) in [5.41, 5.74) is 3.04. The summed E-state index contributed by atoms with van der Waals surface area (Å²) in [4.78, 5) is 17.1. The van der Waals surface area contributed by atoms with E-state index < -0.39 is 5.97 Å². The van der Waals surface area contributed by atoms with Crippen molar-refractivity contribution in [2.24, 2.45) is 10.9 Å². The quantitative estimate of drug-likeness (QED) is 0.448. The first-order chi connectivity index (χ1) is 10.6. The summed E-state index contributed by atoms with van der Waals surface area (Å²) in [6, 6.07) is 7.13. The zero-order chi connectivity index (χ0) is 15.9. The van der Waals surface area contributed by atoms with E-state index in [2.05, 4.69) is 15.2 Å². The number of carbonyl (C=O) groups is 1. The fraction of sp³-hybridized carbons (Fsp3) is 0.467. The molecule has 120 valence electrons. The molecule has 0 aromatic heterocycles. The highest BCUT2D eigenvalue weighted by atomic mass is 16.5. The number of aliphatic carboxylic acids is 1. The summed E-state index contributed by atoms with van der Waals surface area (Å²) >= 11 is 0. The molecule has 2 rings (SSSR count). The molecule has 0 saturated carbocycles. The van der Waals surface area contributed by atoms with Crippen LogP contribution in [0, 0.1) is 11.1 Å². The first-order valence-electron chi connectivity index (χ1n) is 7.31. The third kappa shape index (κ3) is 4.11. The Morgan fingerprint density at radius 1 is 1.36 bits per heavy atom. The first kappa shape index (κ1) is 16.1. The van der Waals surface area contributed by atoms with Crippen molar-refractivity contribution in [1.82, 2.24) is 4.90 Å². The summed E-state index contributed by atoms with van der Waals surface area (Å²) in [5.74, 6) is 0.176. The lowest BCUT2D eigenvalue weighted by Crippen LogP contribution is -2.42. The maximum atomic E-state index is 10.9. The molecule has 1 aromatic carbocycles. The van der Waals surface area contributed by atoms with Crippen LogP contribution < -0.4 is 10.8 Å². The number of aliphatic imine (C=N–C) groups is 1. The minimum Gasteiger partial charge on any atom is -0.761 e. The maximum Gasteiger partial charge on any atom is 0.303 e. The van der Waals surface area contributed by atoms with Crippen LogP contribution in [0.5, 0.6) is 0 Å². The van der Waals surface area contributed by atoms with Crippen LogP contribution in [0.4, 0.5) is 11.4 Å². The van der Waals surface area contributed by atoms with Gasteiger partial charge in [-0.25, -0.2) is 0 Å². The van der Waals surface area contributed by atoms with Crippen LogP contribution in [-0.2, 0) is 4.79 Å². The monoisotopic (exact) mass is 305 g/mol.